The number of hydrogen-bond donors (Lipinski definition) is 3. The fourth-order valence-corrected chi connectivity index (χ4v) is 13.2. The van der Waals surface area contributed by atoms with Crippen molar-refractivity contribution < 1.29 is 43.6 Å². The van der Waals surface area contributed by atoms with Crippen molar-refractivity contribution in [1.29, 1.82) is 0 Å². The van der Waals surface area contributed by atoms with Crippen LogP contribution in [-0.2, 0) is 48.5 Å². The number of rotatable bonds is 18. The van der Waals surface area contributed by atoms with E-state index in [1.165, 1.54) is 7.11 Å². The van der Waals surface area contributed by atoms with Crippen LogP contribution in [0.15, 0.2) is 91.0 Å². The Kier molecular flexibility index (Phi) is 14.9. The number of nitrogens with zero attached hydrogens (tertiary/aromatic N) is 2. The Morgan fingerprint density at radius 2 is 1.30 bits per heavy atom. The summed E-state index contributed by atoms with van der Waals surface area (Å²) in [5.41, 5.74) is 8.95. The zero-order valence-electron chi connectivity index (χ0n) is 41.3. The Labute approximate surface area is 424 Å². The second kappa shape index (κ2) is 21.1. The molecule has 3 amide bonds. The van der Waals surface area contributed by atoms with Gasteiger partial charge in [0.25, 0.3) is 11.8 Å². The summed E-state index contributed by atoms with van der Waals surface area (Å²) in [5.74, 6) is 2.09. The van der Waals surface area contributed by atoms with Crippen LogP contribution in [0.3, 0.4) is 0 Å². The Bertz CT molecular complexity index is 2870. The molecule has 372 valence electrons. The first kappa shape index (κ1) is 50.2. The summed E-state index contributed by atoms with van der Waals surface area (Å²) in [4.78, 5) is 57.5. The molecule has 0 fully saturated rings. The van der Waals surface area contributed by atoms with Gasteiger partial charge >= 0.3 is 0 Å². The van der Waals surface area contributed by atoms with Crippen molar-refractivity contribution in [1.82, 2.24) is 0 Å². The van der Waals surface area contributed by atoms with Gasteiger partial charge in [0.2, 0.25) is 5.91 Å². The third kappa shape index (κ3) is 10.7. The predicted molar refractivity (Wildman–Crippen MR) is 281 cm³/mol. The van der Waals surface area contributed by atoms with Gasteiger partial charge in [-0.1, -0.05) is 71.8 Å². The number of aryl methyl sites for hydroxylation is 1. The van der Waals surface area contributed by atoms with E-state index < -0.39 is 12.2 Å². The third-order valence-electron chi connectivity index (χ3n) is 14.4. The first-order chi connectivity index (χ1) is 34.1. The fourth-order valence-electron chi connectivity index (χ4n) is 10.4. The van der Waals surface area contributed by atoms with Gasteiger partial charge in [0.15, 0.2) is 11.5 Å². The molecule has 0 saturated carbocycles. The summed E-state index contributed by atoms with van der Waals surface area (Å²) >= 11 is 0. The first-order valence-corrected chi connectivity index (χ1v) is 27.0. The highest BCUT2D eigenvalue weighted by atomic mass is 33.1. The SMILES string of the molecule is CCC(=O)C(C)CCSSC(C)(C)CCC(=O)Nc1cc(COc2cc3c(cc2C)C(=O)N2c4ccccc4C[C@H]2C(O)C3)cc(COc2cc3c(cc2OC)C(=O)N2c4ccccc4C[C@H]2C(O)C3)c1. The average Bonchev–Trinajstić information content (AvgIpc) is 3.90. The number of aliphatic hydroxyl groups excluding tert-OH is 2. The summed E-state index contributed by atoms with van der Waals surface area (Å²) in [6, 6.07) is 27.8. The van der Waals surface area contributed by atoms with Crippen LogP contribution in [0.25, 0.3) is 0 Å². The highest BCUT2D eigenvalue weighted by Crippen LogP contribution is 2.43. The van der Waals surface area contributed by atoms with Gasteiger partial charge in [-0.2, -0.15) is 0 Å². The maximum atomic E-state index is 14.2. The Balaban J connectivity index is 0.936. The zero-order valence-corrected chi connectivity index (χ0v) is 42.9. The highest BCUT2D eigenvalue weighted by Gasteiger charge is 2.43. The van der Waals surface area contributed by atoms with E-state index in [1.54, 1.807) is 43.5 Å². The number of nitrogens with one attached hydrogen (secondary N) is 1. The summed E-state index contributed by atoms with van der Waals surface area (Å²) in [5, 5.41) is 26.1. The minimum absolute atomic E-state index is 0.0452. The summed E-state index contributed by atoms with van der Waals surface area (Å²) < 4.78 is 18.6. The van der Waals surface area contributed by atoms with Crippen molar-refractivity contribution in [3.8, 4) is 17.2 Å². The minimum atomic E-state index is -0.797. The van der Waals surface area contributed by atoms with Crippen molar-refractivity contribution in [2.24, 2.45) is 5.92 Å². The van der Waals surface area contributed by atoms with E-state index in [9.17, 15) is 29.4 Å². The van der Waals surface area contributed by atoms with Crippen molar-refractivity contribution in [3.05, 3.63) is 141 Å². The molecule has 12 nitrogen and oxygen atoms in total. The number of carbonyl (C=O) groups is 4. The number of anilines is 3. The third-order valence-corrected chi connectivity index (χ3v) is 17.7. The van der Waals surface area contributed by atoms with Gasteiger partial charge in [-0.05, 0) is 140 Å². The quantitative estimate of drug-likeness (QED) is 0.0568. The van der Waals surface area contributed by atoms with Crippen molar-refractivity contribution >= 4 is 62.2 Å². The number of ether oxygens (including phenoxy) is 3. The van der Waals surface area contributed by atoms with Gasteiger partial charge in [0.05, 0.1) is 31.4 Å². The van der Waals surface area contributed by atoms with Crippen LogP contribution >= 0.6 is 21.6 Å². The van der Waals surface area contributed by atoms with Crippen LogP contribution in [0, 0.1) is 12.8 Å². The van der Waals surface area contributed by atoms with Gasteiger partial charge in [-0.25, -0.2) is 0 Å². The predicted octanol–water partition coefficient (Wildman–Crippen LogP) is 10.0. The van der Waals surface area contributed by atoms with Crippen molar-refractivity contribution in [2.75, 3.05) is 28.0 Å². The van der Waals surface area contributed by atoms with Crippen LogP contribution in [0.4, 0.5) is 17.1 Å². The minimum Gasteiger partial charge on any atom is -0.493 e. The lowest BCUT2D eigenvalue weighted by Gasteiger charge is -2.26. The Hall–Kier alpha value is -5.80. The number of fused-ring (bicyclic) bond motifs is 8. The van der Waals surface area contributed by atoms with Gasteiger partial charge in [0, 0.05) is 70.3 Å². The molecule has 0 saturated heterocycles. The zero-order chi connectivity index (χ0) is 50.1. The fraction of sp³-hybridized carbons (Fsp3) is 0.404. The number of amides is 3. The maximum Gasteiger partial charge on any atom is 0.259 e. The summed E-state index contributed by atoms with van der Waals surface area (Å²) in [6.07, 6.45) is 2.47. The normalized spacial score (nSPS) is 19.3. The molecule has 0 bridgehead atoms. The molecule has 4 aliphatic rings. The van der Waals surface area contributed by atoms with Crippen molar-refractivity contribution in [2.45, 2.75) is 128 Å². The second-order valence-corrected chi connectivity index (χ2v) is 23.1. The first-order valence-electron chi connectivity index (χ1n) is 24.7. The van der Waals surface area contributed by atoms with Crippen molar-refractivity contribution in [3.63, 3.8) is 0 Å². The Morgan fingerprint density at radius 3 is 1.87 bits per heavy atom. The van der Waals surface area contributed by atoms with Crippen LogP contribution < -0.4 is 29.3 Å². The van der Waals surface area contributed by atoms with Gasteiger partial charge in [-0.3, -0.25) is 19.2 Å². The molecular formula is C57H63N3O9S2. The van der Waals surface area contributed by atoms with E-state index in [2.05, 4.69) is 19.2 Å². The molecule has 0 aliphatic carbocycles. The molecule has 3 unspecified atom stereocenters. The number of carbonyl (C=O) groups excluding carboxylic acids is 4. The molecular weight excluding hydrogens is 935 g/mol. The smallest absolute Gasteiger partial charge is 0.259 e. The van der Waals surface area contributed by atoms with Crippen LogP contribution in [0.2, 0.25) is 0 Å². The van der Waals surface area contributed by atoms with E-state index in [1.807, 2.05) is 99.6 Å². The molecule has 71 heavy (non-hydrogen) atoms. The number of para-hydroxylation sites is 2. The van der Waals surface area contributed by atoms with E-state index >= 15 is 0 Å². The number of benzene rings is 5. The van der Waals surface area contributed by atoms with Crippen LogP contribution in [0.5, 0.6) is 17.2 Å². The number of ketones is 1. The van der Waals surface area contributed by atoms with E-state index in [-0.39, 0.29) is 65.9 Å². The maximum absolute atomic E-state index is 14.2. The van der Waals surface area contributed by atoms with Gasteiger partial charge in [0.1, 0.15) is 24.7 Å². The number of methoxy groups -OCH3 is 1. The molecule has 9 rings (SSSR count). The van der Waals surface area contributed by atoms with Crippen LogP contribution in [-0.4, -0.2) is 75.6 Å². The Morgan fingerprint density at radius 1 is 0.746 bits per heavy atom. The second-order valence-electron chi connectivity index (χ2n) is 20.0. The largest absolute Gasteiger partial charge is 0.493 e. The monoisotopic (exact) mass is 997 g/mol. The van der Waals surface area contributed by atoms with E-state index in [4.69, 9.17) is 14.2 Å². The molecule has 5 aromatic carbocycles. The lowest BCUT2D eigenvalue weighted by Crippen LogP contribution is -2.43. The highest BCUT2D eigenvalue weighted by molar-refractivity contribution is 8.77. The molecule has 0 spiro atoms. The summed E-state index contributed by atoms with van der Waals surface area (Å²) in [6.45, 7) is 10.3. The van der Waals surface area contributed by atoms with Gasteiger partial charge in [-0.15, -0.1) is 0 Å². The lowest BCUT2D eigenvalue weighted by atomic mass is 9.96. The summed E-state index contributed by atoms with van der Waals surface area (Å²) in [7, 11) is 5.01. The van der Waals surface area contributed by atoms with E-state index in [0.29, 0.717) is 78.2 Å². The molecule has 14 heteroatoms. The van der Waals surface area contributed by atoms with Crippen LogP contribution in [0.1, 0.15) is 113 Å². The van der Waals surface area contributed by atoms with Gasteiger partial charge < -0.3 is 39.5 Å². The molecule has 0 aromatic heterocycles. The molecule has 5 aromatic rings. The molecule has 5 atom stereocenters. The number of aliphatic hydroxyl groups is 2. The number of hydrogen-bond acceptors (Lipinski definition) is 11. The number of Topliss-reactive ketones (excluding diaryl/α,β-unsaturated/α-hetero) is 1. The topological polar surface area (TPSA) is 155 Å². The molecule has 4 heterocycles. The lowest BCUT2D eigenvalue weighted by molar-refractivity contribution is -0.122. The standard InChI is InChI=1S/C57H63N3O9S2/c1-7-48(61)33(2)17-19-70-71-57(4,5)18-16-54(64)58-41-22-35(31-68-51-28-39-26-49(62)46-24-37-12-8-10-14-44(37)59(46)55(65)42(39)20-34(51)3)21-36(23-41)32-69-53-29-40-27-50(63)47-25-38-13-9-11-15-45(38)60(47)56(66)43(40)30-52(53)67-6/h8-15,20-23,28-30,33,46-47,49-50,62-63H,7,16-19,24-27,31-32H2,1-6H3,(H,58,64)/t33?,46-,47-,49?,50?/m0/s1. The average molecular weight is 998 g/mol. The van der Waals surface area contributed by atoms with E-state index in [0.717, 1.165) is 56.9 Å². The molecule has 3 N–H and O–H groups in total. The molecule has 4 aliphatic heterocycles. The molecule has 0 radical (unpaired) electrons.